The number of aryl methyl sites for hydroxylation is 1. The van der Waals surface area contributed by atoms with Gasteiger partial charge in [0.25, 0.3) is 5.91 Å². The van der Waals surface area contributed by atoms with Crippen molar-refractivity contribution in [1.82, 2.24) is 0 Å². The van der Waals surface area contributed by atoms with Crippen LogP contribution in [0, 0.1) is 35.0 Å². The van der Waals surface area contributed by atoms with Crippen molar-refractivity contribution in [2.75, 3.05) is 11.9 Å². The lowest BCUT2D eigenvalue weighted by Crippen LogP contribution is -2.13. The van der Waals surface area contributed by atoms with E-state index in [1.54, 1.807) is 24.3 Å². The van der Waals surface area contributed by atoms with Crippen LogP contribution >= 0.6 is 11.3 Å². The second-order valence-corrected chi connectivity index (χ2v) is 7.32. The molecule has 28 heavy (non-hydrogen) atoms. The molecule has 0 spiro atoms. The predicted octanol–water partition coefficient (Wildman–Crippen LogP) is 4.06. The van der Waals surface area contributed by atoms with Gasteiger partial charge >= 0.3 is 0 Å². The molecule has 5 nitrogen and oxygen atoms in total. The largest absolute Gasteiger partial charge is 0.481 e. The number of anilines is 1. The van der Waals surface area contributed by atoms with Gasteiger partial charge in [0.05, 0.1) is 5.56 Å². The number of rotatable bonds is 5. The Bertz CT molecular complexity index is 1040. The van der Waals surface area contributed by atoms with Crippen LogP contribution in [-0.4, -0.2) is 12.5 Å². The molecule has 138 valence electrons. The van der Waals surface area contributed by atoms with Crippen LogP contribution < -0.4 is 10.1 Å². The van der Waals surface area contributed by atoms with Crippen molar-refractivity contribution in [3.8, 4) is 30.2 Å². The Kier molecular flexibility index (Phi) is 6.12. The summed E-state index contributed by atoms with van der Waals surface area (Å²) < 4.78 is 5.30. The summed E-state index contributed by atoms with van der Waals surface area (Å²) in [6, 6.07) is 11.0. The summed E-state index contributed by atoms with van der Waals surface area (Å²) in [5, 5.41) is 22.2. The molecule has 1 aliphatic carbocycles. The third kappa shape index (κ3) is 4.23. The lowest BCUT2D eigenvalue weighted by molar-refractivity contribution is -0.112. The van der Waals surface area contributed by atoms with Crippen LogP contribution in [0.25, 0.3) is 6.08 Å². The summed E-state index contributed by atoms with van der Waals surface area (Å²) >= 11 is 1.43. The molecule has 3 rings (SSSR count). The molecule has 0 radical (unpaired) electrons. The predicted molar refractivity (Wildman–Crippen MR) is 109 cm³/mol. The van der Waals surface area contributed by atoms with Crippen LogP contribution in [0.3, 0.4) is 0 Å². The van der Waals surface area contributed by atoms with Gasteiger partial charge in [-0.05, 0) is 55.0 Å². The Morgan fingerprint density at radius 3 is 2.68 bits per heavy atom. The Morgan fingerprint density at radius 1 is 1.25 bits per heavy atom. The number of terminal acetylenes is 1. The molecule has 1 N–H and O–H groups in total. The maximum atomic E-state index is 12.6. The molecular weight excluding hydrogens is 370 g/mol. The highest BCUT2D eigenvalue weighted by Gasteiger charge is 2.22. The highest BCUT2D eigenvalue weighted by molar-refractivity contribution is 7.16. The Labute approximate surface area is 167 Å². The van der Waals surface area contributed by atoms with E-state index in [-0.39, 0.29) is 12.2 Å². The van der Waals surface area contributed by atoms with Gasteiger partial charge in [-0.1, -0.05) is 18.1 Å². The van der Waals surface area contributed by atoms with E-state index in [0.717, 1.165) is 36.1 Å². The first-order valence-electron chi connectivity index (χ1n) is 8.80. The highest BCUT2D eigenvalue weighted by atomic mass is 32.1. The summed E-state index contributed by atoms with van der Waals surface area (Å²) in [5.74, 6) is 2.47. The fourth-order valence-electron chi connectivity index (χ4n) is 3.04. The number of ether oxygens (including phenoxy) is 1. The zero-order valence-electron chi connectivity index (χ0n) is 15.1. The minimum atomic E-state index is -0.523. The number of nitrogens with zero attached hydrogens (tertiary/aromatic N) is 2. The molecule has 0 aliphatic heterocycles. The number of hydrogen-bond acceptors (Lipinski definition) is 5. The van der Waals surface area contributed by atoms with Crippen LogP contribution in [-0.2, 0) is 17.6 Å². The molecule has 1 aromatic carbocycles. The lowest BCUT2D eigenvalue weighted by atomic mass is 9.96. The number of carbonyl (C=O) groups excluding carboxylic acids is 1. The molecule has 0 saturated heterocycles. The number of benzene rings is 1. The first kappa shape index (κ1) is 19.2. The van der Waals surface area contributed by atoms with Crippen LogP contribution in [0.15, 0.2) is 29.8 Å². The van der Waals surface area contributed by atoms with Gasteiger partial charge in [0.15, 0.2) is 0 Å². The van der Waals surface area contributed by atoms with Gasteiger partial charge in [-0.25, -0.2) is 0 Å². The van der Waals surface area contributed by atoms with Crippen molar-refractivity contribution >= 4 is 28.3 Å². The first-order chi connectivity index (χ1) is 13.7. The first-order valence-corrected chi connectivity index (χ1v) is 9.62. The number of fused-ring (bicyclic) bond motifs is 1. The van der Waals surface area contributed by atoms with Crippen molar-refractivity contribution in [3.05, 3.63) is 51.4 Å². The number of hydrogen-bond donors (Lipinski definition) is 1. The summed E-state index contributed by atoms with van der Waals surface area (Å²) in [4.78, 5) is 13.7. The number of thiophene rings is 1. The zero-order valence-corrected chi connectivity index (χ0v) is 15.9. The Balaban J connectivity index is 1.78. The monoisotopic (exact) mass is 387 g/mol. The molecule has 0 unspecified atom stereocenters. The normalized spacial score (nSPS) is 12.8. The minimum Gasteiger partial charge on any atom is -0.481 e. The highest BCUT2D eigenvalue weighted by Crippen LogP contribution is 2.37. The molecule has 0 fully saturated rings. The van der Waals surface area contributed by atoms with E-state index in [1.807, 2.05) is 6.07 Å². The SMILES string of the molecule is C#CCOc1ccc(/C=C(\C#N)C(=O)Nc2sc3c(c2C#N)CCCC3)cc1. The average Bonchev–Trinajstić information content (AvgIpc) is 3.08. The van der Waals surface area contributed by atoms with Crippen molar-refractivity contribution in [2.24, 2.45) is 0 Å². The quantitative estimate of drug-likeness (QED) is 0.476. The van der Waals surface area contributed by atoms with Crippen molar-refractivity contribution in [2.45, 2.75) is 25.7 Å². The fraction of sp³-hybridized carbons (Fsp3) is 0.227. The van der Waals surface area contributed by atoms with Gasteiger partial charge < -0.3 is 10.1 Å². The third-order valence-corrected chi connectivity index (χ3v) is 5.60. The molecule has 1 aliphatic rings. The Morgan fingerprint density at radius 2 is 2.00 bits per heavy atom. The minimum absolute atomic E-state index is 0.0347. The van der Waals surface area contributed by atoms with Gasteiger partial charge in [0.2, 0.25) is 0 Å². The van der Waals surface area contributed by atoms with E-state index in [2.05, 4.69) is 17.3 Å². The van der Waals surface area contributed by atoms with E-state index < -0.39 is 5.91 Å². The smallest absolute Gasteiger partial charge is 0.266 e. The van der Waals surface area contributed by atoms with Gasteiger partial charge in [0, 0.05) is 4.88 Å². The molecule has 6 heteroatoms. The summed E-state index contributed by atoms with van der Waals surface area (Å²) in [6.45, 7) is 0.174. The van der Waals surface area contributed by atoms with Crippen molar-refractivity contribution in [3.63, 3.8) is 0 Å². The maximum absolute atomic E-state index is 12.6. The van der Waals surface area contributed by atoms with E-state index in [1.165, 1.54) is 17.4 Å². The standard InChI is InChI=1S/C22H17N3O2S/c1-2-11-27-17-9-7-15(8-10-17)12-16(13-23)21(26)25-22-19(14-24)18-5-3-4-6-20(18)28-22/h1,7-10,12H,3-6,11H2,(H,25,26)/b16-12+. The number of nitrogens with one attached hydrogen (secondary N) is 1. The number of carbonyl (C=O) groups is 1. The summed E-state index contributed by atoms with van der Waals surface area (Å²) in [5.41, 5.74) is 2.22. The van der Waals surface area contributed by atoms with Crippen LogP contribution in [0.4, 0.5) is 5.00 Å². The van der Waals surface area contributed by atoms with E-state index in [4.69, 9.17) is 11.2 Å². The van der Waals surface area contributed by atoms with Gasteiger partial charge in [-0.15, -0.1) is 17.8 Å². The van der Waals surface area contributed by atoms with Gasteiger partial charge in [-0.3, -0.25) is 4.79 Å². The summed E-state index contributed by atoms with van der Waals surface area (Å²) in [7, 11) is 0. The maximum Gasteiger partial charge on any atom is 0.266 e. The molecule has 0 bridgehead atoms. The summed E-state index contributed by atoms with van der Waals surface area (Å²) in [6.07, 6.45) is 10.6. The number of amides is 1. The molecular formula is C22H17N3O2S. The molecule has 1 amide bonds. The van der Waals surface area contributed by atoms with Crippen LogP contribution in [0.2, 0.25) is 0 Å². The van der Waals surface area contributed by atoms with Gasteiger partial charge in [-0.2, -0.15) is 10.5 Å². The van der Waals surface area contributed by atoms with Crippen LogP contribution in [0.5, 0.6) is 5.75 Å². The van der Waals surface area contributed by atoms with Gasteiger partial charge in [0.1, 0.15) is 35.1 Å². The van der Waals surface area contributed by atoms with E-state index >= 15 is 0 Å². The third-order valence-electron chi connectivity index (χ3n) is 4.39. The molecule has 0 atom stereocenters. The number of nitriles is 2. The van der Waals surface area contributed by atoms with Crippen LogP contribution in [0.1, 0.15) is 34.4 Å². The molecule has 1 aromatic heterocycles. The fourth-order valence-corrected chi connectivity index (χ4v) is 4.28. The van der Waals surface area contributed by atoms with Crippen molar-refractivity contribution in [1.29, 1.82) is 10.5 Å². The van der Waals surface area contributed by atoms with Crippen molar-refractivity contribution < 1.29 is 9.53 Å². The zero-order chi connectivity index (χ0) is 19.9. The lowest BCUT2D eigenvalue weighted by Gasteiger charge is -2.09. The second kappa shape index (κ2) is 8.91. The molecule has 1 heterocycles. The van der Waals surface area contributed by atoms with E-state index in [0.29, 0.717) is 21.9 Å². The Hall–Kier alpha value is -3.53. The molecule has 2 aromatic rings. The topological polar surface area (TPSA) is 85.9 Å². The second-order valence-electron chi connectivity index (χ2n) is 6.21. The van der Waals surface area contributed by atoms with E-state index in [9.17, 15) is 15.3 Å². The molecule has 0 saturated carbocycles. The average molecular weight is 387 g/mol.